The van der Waals surface area contributed by atoms with E-state index in [9.17, 15) is 19.6 Å². The first-order valence-corrected chi connectivity index (χ1v) is 21.0. The Kier molecular flexibility index (Phi) is 10.1. The summed E-state index contributed by atoms with van der Waals surface area (Å²) >= 11 is 0. The Bertz CT molecular complexity index is 2480. The summed E-state index contributed by atoms with van der Waals surface area (Å²) in [6.07, 6.45) is 11.2. The van der Waals surface area contributed by atoms with Gasteiger partial charge in [0, 0.05) is 80.3 Å². The molecular weight excluding hydrogens is 759 g/mol. The van der Waals surface area contributed by atoms with Gasteiger partial charge in [0.2, 0.25) is 5.91 Å². The van der Waals surface area contributed by atoms with Crippen molar-refractivity contribution < 1.29 is 19.1 Å². The molecule has 0 atom stereocenters. The van der Waals surface area contributed by atoms with Gasteiger partial charge in [-0.15, -0.1) is 0 Å². The summed E-state index contributed by atoms with van der Waals surface area (Å²) in [6, 6.07) is 14.9. The maximum Gasteiger partial charge on any atom is 0.328 e. The van der Waals surface area contributed by atoms with E-state index in [1.165, 1.54) is 0 Å². The fourth-order valence-electron chi connectivity index (χ4n) is 10.5. The zero-order valence-electron chi connectivity index (χ0n) is 34.6. The average Bonchev–Trinajstić information content (AvgIpc) is 3.70. The standard InChI is InChI=1S/C45H51N11O4/c1-44(2)41(45(3,4)42(44)60-36-10-7-29(24-46)38-32(36)6-5-17-47-38)52-40(58)34-9-8-31(25-49-34)54-21-12-28(13-22-54)27-53-19-14-30(15-20-53)56-39-33(26-50-56)35(11-18-48-39)55-23-16-37(57)51-43(55)59/h5-11,17-18,25-26,28,30,41-42H,12-16,19-23,27H2,1-4H3,(H,52,58)(H,51,57,59). The zero-order valence-corrected chi connectivity index (χ0v) is 34.6. The van der Waals surface area contributed by atoms with Crippen LogP contribution in [0.25, 0.3) is 21.9 Å². The molecule has 1 aromatic carbocycles. The number of benzene rings is 1. The number of nitriles is 1. The van der Waals surface area contributed by atoms with E-state index in [0.29, 0.717) is 35.0 Å². The highest BCUT2D eigenvalue weighted by atomic mass is 16.5. The monoisotopic (exact) mass is 809 g/mol. The van der Waals surface area contributed by atoms with Crippen LogP contribution in [0.4, 0.5) is 16.2 Å². The Morgan fingerprint density at radius 3 is 2.40 bits per heavy atom. The van der Waals surface area contributed by atoms with Crippen LogP contribution in [-0.4, -0.2) is 98.9 Å². The van der Waals surface area contributed by atoms with Crippen molar-refractivity contribution in [1.29, 1.82) is 5.26 Å². The molecule has 3 aliphatic heterocycles. The van der Waals surface area contributed by atoms with Gasteiger partial charge in [-0.1, -0.05) is 27.7 Å². The highest BCUT2D eigenvalue weighted by Gasteiger charge is 2.64. The number of likely N-dealkylation sites (tertiary alicyclic amines) is 1. The van der Waals surface area contributed by atoms with E-state index in [4.69, 9.17) is 9.84 Å². The van der Waals surface area contributed by atoms with Gasteiger partial charge in [0.15, 0.2) is 5.65 Å². The molecule has 0 unspecified atom stereocenters. The number of imide groups is 1. The molecule has 7 heterocycles. The fraction of sp³-hybridized carbons (Fsp3) is 0.467. The van der Waals surface area contributed by atoms with Crippen molar-refractivity contribution in [3.8, 4) is 11.8 Å². The molecule has 4 aromatic heterocycles. The summed E-state index contributed by atoms with van der Waals surface area (Å²) in [5, 5.41) is 21.6. The Hall–Kier alpha value is -6.14. The minimum Gasteiger partial charge on any atom is -0.488 e. The normalized spacial score (nSPS) is 22.3. The van der Waals surface area contributed by atoms with Crippen molar-refractivity contribution in [3.05, 3.63) is 78.5 Å². The molecule has 0 spiro atoms. The number of hydrogen-bond donors (Lipinski definition) is 2. The van der Waals surface area contributed by atoms with Crippen LogP contribution in [0, 0.1) is 28.1 Å². The first kappa shape index (κ1) is 39.3. The smallest absolute Gasteiger partial charge is 0.328 e. The van der Waals surface area contributed by atoms with Crippen molar-refractivity contribution >= 4 is 51.2 Å². The average molecular weight is 810 g/mol. The molecule has 0 radical (unpaired) electrons. The molecule has 5 aromatic rings. The van der Waals surface area contributed by atoms with Crippen LogP contribution in [0.15, 0.2) is 67.3 Å². The molecule has 4 amide bonds. The minimum atomic E-state index is -0.408. The van der Waals surface area contributed by atoms with Crippen LogP contribution in [0.5, 0.6) is 5.75 Å². The molecule has 1 aliphatic carbocycles. The van der Waals surface area contributed by atoms with Gasteiger partial charge in [-0.2, -0.15) is 10.4 Å². The molecule has 9 rings (SSSR count). The predicted molar refractivity (Wildman–Crippen MR) is 227 cm³/mol. The number of nitrogens with zero attached hydrogens (tertiary/aromatic N) is 9. The van der Waals surface area contributed by atoms with E-state index < -0.39 is 6.03 Å². The highest BCUT2D eigenvalue weighted by molar-refractivity contribution is 6.09. The third-order valence-electron chi connectivity index (χ3n) is 13.4. The summed E-state index contributed by atoms with van der Waals surface area (Å²) in [6.45, 7) is 13.7. The lowest BCUT2D eigenvalue weighted by Gasteiger charge is -2.63. The van der Waals surface area contributed by atoms with Gasteiger partial charge in [0.05, 0.1) is 46.3 Å². The third kappa shape index (κ3) is 7.06. The molecule has 4 fully saturated rings. The fourth-order valence-corrected chi connectivity index (χ4v) is 10.5. The number of piperidine rings is 2. The Morgan fingerprint density at radius 1 is 0.900 bits per heavy atom. The number of amides is 4. The van der Waals surface area contributed by atoms with Gasteiger partial charge in [0.25, 0.3) is 5.91 Å². The van der Waals surface area contributed by atoms with Crippen molar-refractivity contribution in [1.82, 2.24) is 40.3 Å². The topological polar surface area (TPSA) is 174 Å². The van der Waals surface area contributed by atoms with E-state index >= 15 is 0 Å². The number of rotatable bonds is 9. The molecule has 15 heteroatoms. The molecule has 3 saturated heterocycles. The maximum atomic E-state index is 13.6. The number of hydrogen-bond acceptors (Lipinski definition) is 11. The van der Waals surface area contributed by atoms with Gasteiger partial charge in [-0.3, -0.25) is 24.8 Å². The molecule has 4 aliphatic rings. The van der Waals surface area contributed by atoms with Crippen molar-refractivity contribution in [2.45, 2.75) is 78.0 Å². The summed E-state index contributed by atoms with van der Waals surface area (Å²) in [5.74, 6) is 0.836. The Balaban J connectivity index is 0.751. The largest absolute Gasteiger partial charge is 0.488 e. The van der Waals surface area contributed by atoms with Gasteiger partial charge >= 0.3 is 6.03 Å². The molecule has 2 N–H and O–H groups in total. The molecule has 0 bridgehead atoms. The molecular formula is C45H51N11O4. The summed E-state index contributed by atoms with van der Waals surface area (Å²) in [5.41, 5.74) is 3.29. The minimum absolute atomic E-state index is 0.155. The lowest BCUT2D eigenvalue weighted by Crippen LogP contribution is -2.74. The summed E-state index contributed by atoms with van der Waals surface area (Å²) < 4.78 is 8.67. The number of aromatic nitrogens is 5. The lowest BCUT2D eigenvalue weighted by molar-refractivity contribution is -0.163. The van der Waals surface area contributed by atoms with Crippen LogP contribution in [0.2, 0.25) is 0 Å². The van der Waals surface area contributed by atoms with Crippen molar-refractivity contribution in [2.24, 2.45) is 16.7 Å². The van der Waals surface area contributed by atoms with E-state index in [-0.39, 0.29) is 47.3 Å². The Morgan fingerprint density at radius 2 is 1.68 bits per heavy atom. The van der Waals surface area contributed by atoms with Crippen LogP contribution in [0.3, 0.4) is 0 Å². The van der Waals surface area contributed by atoms with Crippen molar-refractivity contribution in [2.75, 3.05) is 49.1 Å². The molecule has 60 heavy (non-hydrogen) atoms. The first-order chi connectivity index (χ1) is 28.9. The number of pyridine rings is 3. The second kappa shape index (κ2) is 15.5. The van der Waals surface area contributed by atoms with Gasteiger partial charge in [0.1, 0.15) is 23.6 Å². The SMILES string of the molecule is CC1(C)C(NC(=O)c2ccc(N3CCC(CN4CCC(n5ncc6c(N7CCC(=O)NC7=O)ccnc65)CC4)CC3)cn2)C(C)(C)C1Oc1ccc(C#N)c2ncccc12. The van der Waals surface area contributed by atoms with Gasteiger partial charge in [-0.25, -0.2) is 19.4 Å². The summed E-state index contributed by atoms with van der Waals surface area (Å²) in [4.78, 5) is 58.1. The van der Waals surface area contributed by atoms with E-state index in [0.717, 1.165) is 86.2 Å². The molecule has 1 saturated carbocycles. The predicted octanol–water partition coefficient (Wildman–Crippen LogP) is 5.86. The number of ether oxygens (including phenoxy) is 1. The van der Waals surface area contributed by atoms with Gasteiger partial charge in [-0.05, 0) is 74.1 Å². The second-order valence-electron chi connectivity index (χ2n) is 17.9. The van der Waals surface area contributed by atoms with E-state index in [1.54, 1.807) is 29.6 Å². The number of anilines is 2. The third-order valence-corrected chi connectivity index (χ3v) is 13.4. The molecule has 15 nitrogen and oxygen atoms in total. The number of carbonyl (C=O) groups excluding carboxylic acids is 3. The zero-order chi connectivity index (χ0) is 41.8. The molecule has 310 valence electrons. The number of carbonyl (C=O) groups is 3. The summed E-state index contributed by atoms with van der Waals surface area (Å²) in [7, 11) is 0. The van der Waals surface area contributed by atoms with Crippen LogP contribution in [0.1, 0.15) is 81.9 Å². The van der Waals surface area contributed by atoms with Crippen LogP contribution in [-0.2, 0) is 4.79 Å². The van der Waals surface area contributed by atoms with E-state index in [1.807, 2.05) is 47.3 Å². The first-order valence-electron chi connectivity index (χ1n) is 21.0. The number of urea groups is 1. The van der Waals surface area contributed by atoms with Crippen LogP contribution >= 0.6 is 0 Å². The highest BCUT2D eigenvalue weighted by Crippen LogP contribution is 2.56. The lowest BCUT2D eigenvalue weighted by atomic mass is 9.49. The van der Waals surface area contributed by atoms with Crippen LogP contribution < -0.4 is 25.2 Å². The van der Waals surface area contributed by atoms with Crippen molar-refractivity contribution in [3.63, 3.8) is 0 Å². The number of fused-ring (bicyclic) bond motifs is 2. The quantitative estimate of drug-likeness (QED) is 0.183. The van der Waals surface area contributed by atoms with Gasteiger partial charge < -0.3 is 19.9 Å². The Labute approximate surface area is 349 Å². The maximum absolute atomic E-state index is 13.6. The second-order valence-corrected chi connectivity index (χ2v) is 17.9. The number of nitrogens with one attached hydrogen (secondary N) is 2. The van der Waals surface area contributed by atoms with E-state index in [2.05, 4.69) is 69.1 Å².